The van der Waals surface area contributed by atoms with E-state index in [1.54, 1.807) is 25.1 Å². The molecule has 0 aliphatic heterocycles. The summed E-state index contributed by atoms with van der Waals surface area (Å²) in [7, 11) is 0. The van der Waals surface area contributed by atoms with Gasteiger partial charge in [0.2, 0.25) is 0 Å². The lowest BCUT2D eigenvalue weighted by Gasteiger charge is -2.23. The van der Waals surface area contributed by atoms with E-state index in [9.17, 15) is 9.90 Å². The minimum Gasteiger partial charge on any atom is -0.490 e. The first-order chi connectivity index (χ1) is 12.2. The predicted molar refractivity (Wildman–Crippen MR) is 101 cm³/mol. The third kappa shape index (κ3) is 4.84. The van der Waals surface area contributed by atoms with Crippen molar-refractivity contribution in [2.24, 2.45) is 0 Å². The molecule has 1 amide bonds. The van der Waals surface area contributed by atoms with Crippen LogP contribution < -0.4 is 10.1 Å². The van der Waals surface area contributed by atoms with Crippen molar-refractivity contribution in [3.05, 3.63) is 59.2 Å². The Kier molecular flexibility index (Phi) is 6.01. The number of ether oxygens (including phenoxy) is 1. The number of benzene rings is 2. The maximum absolute atomic E-state index is 12.4. The Morgan fingerprint density at radius 2 is 1.92 bits per heavy atom. The molecular formula is C21H24N2O3. The van der Waals surface area contributed by atoms with Gasteiger partial charge in [-0.2, -0.15) is 5.26 Å². The maximum atomic E-state index is 12.4. The standard InChI is InChI=1S/C21H24N2O3/c1-14(2)16-6-9-19(10-7-16)26-13-21(4,25)20(24)23-18-8-5-17(12-22)15(3)11-18/h5-11,14,25H,13H2,1-4H3,(H,23,24)/t21-/m0/s1. The van der Waals surface area contributed by atoms with Crippen LogP contribution in [0, 0.1) is 18.3 Å². The van der Waals surface area contributed by atoms with Crippen LogP contribution in [0.2, 0.25) is 0 Å². The molecule has 0 unspecified atom stereocenters. The molecule has 2 N–H and O–H groups in total. The summed E-state index contributed by atoms with van der Waals surface area (Å²) in [6, 6.07) is 14.6. The first-order valence-corrected chi connectivity index (χ1v) is 8.50. The van der Waals surface area contributed by atoms with Gasteiger partial charge in [-0.3, -0.25) is 4.79 Å². The van der Waals surface area contributed by atoms with E-state index in [2.05, 4.69) is 25.2 Å². The van der Waals surface area contributed by atoms with Crippen LogP contribution in [0.4, 0.5) is 5.69 Å². The smallest absolute Gasteiger partial charge is 0.259 e. The number of nitriles is 1. The Bertz CT molecular complexity index is 818. The molecule has 2 aromatic rings. The lowest BCUT2D eigenvalue weighted by Crippen LogP contribution is -2.45. The van der Waals surface area contributed by atoms with Gasteiger partial charge in [0.1, 0.15) is 12.4 Å². The summed E-state index contributed by atoms with van der Waals surface area (Å²) in [5, 5.41) is 22.0. The fourth-order valence-electron chi connectivity index (χ4n) is 2.37. The van der Waals surface area contributed by atoms with Crippen LogP contribution in [0.5, 0.6) is 5.75 Å². The van der Waals surface area contributed by atoms with Crippen LogP contribution in [0.25, 0.3) is 0 Å². The number of nitrogens with one attached hydrogen (secondary N) is 1. The summed E-state index contributed by atoms with van der Waals surface area (Å²) < 4.78 is 5.57. The van der Waals surface area contributed by atoms with Crippen LogP contribution in [0.3, 0.4) is 0 Å². The van der Waals surface area contributed by atoms with Crippen molar-refractivity contribution in [2.75, 3.05) is 11.9 Å². The van der Waals surface area contributed by atoms with E-state index in [1.807, 2.05) is 24.3 Å². The van der Waals surface area contributed by atoms with Crippen molar-refractivity contribution in [1.82, 2.24) is 0 Å². The van der Waals surface area contributed by atoms with Gasteiger partial charge in [0.05, 0.1) is 11.6 Å². The highest BCUT2D eigenvalue weighted by molar-refractivity contribution is 5.97. The molecule has 0 fully saturated rings. The molecule has 26 heavy (non-hydrogen) atoms. The Morgan fingerprint density at radius 3 is 2.46 bits per heavy atom. The van der Waals surface area contributed by atoms with E-state index in [0.29, 0.717) is 22.9 Å². The summed E-state index contributed by atoms with van der Waals surface area (Å²) in [4.78, 5) is 12.4. The predicted octanol–water partition coefficient (Wildman–Crippen LogP) is 3.76. The largest absolute Gasteiger partial charge is 0.490 e. The van der Waals surface area contributed by atoms with Crippen molar-refractivity contribution >= 4 is 11.6 Å². The van der Waals surface area contributed by atoms with Gasteiger partial charge < -0.3 is 15.2 Å². The molecule has 0 saturated carbocycles. The van der Waals surface area contributed by atoms with E-state index in [0.717, 1.165) is 5.56 Å². The summed E-state index contributed by atoms with van der Waals surface area (Å²) >= 11 is 0. The van der Waals surface area contributed by atoms with Crippen molar-refractivity contribution in [2.45, 2.75) is 39.2 Å². The Hall–Kier alpha value is -2.84. The van der Waals surface area contributed by atoms with Gasteiger partial charge in [-0.15, -0.1) is 0 Å². The lowest BCUT2D eigenvalue weighted by atomic mass is 10.0. The normalized spacial score (nSPS) is 13.0. The lowest BCUT2D eigenvalue weighted by molar-refractivity contribution is -0.135. The SMILES string of the molecule is Cc1cc(NC(=O)[C@@](C)(O)COc2ccc(C(C)C)cc2)ccc1C#N. The van der Waals surface area contributed by atoms with Crippen LogP contribution in [0.1, 0.15) is 43.4 Å². The fourth-order valence-corrected chi connectivity index (χ4v) is 2.37. The number of carbonyl (C=O) groups excluding carboxylic acids is 1. The zero-order chi connectivity index (χ0) is 19.3. The second-order valence-corrected chi connectivity index (χ2v) is 6.88. The second-order valence-electron chi connectivity index (χ2n) is 6.88. The zero-order valence-electron chi connectivity index (χ0n) is 15.5. The van der Waals surface area contributed by atoms with Crippen molar-refractivity contribution in [3.8, 4) is 11.8 Å². The van der Waals surface area contributed by atoms with E-state index in [-0.39, 0.29) is 6.61 Å². The quantitative estimate of drug-likeness (QED) is 0.829. The highest BCUT2D eigenvalue weighted by atomic mass is 16.5. The number of anilines is 1. The molecular weight excluding hydrogens is 328 g/mol. The summed E-state index contributed by atoms with van der Waals surface area (Å²) in [6.45, 7) is 7.23. The molecule has 136 valence electrons. The molecule has 0 aliphatic carbocycles. The number of carbonyl (C=O) groups is 1. The van der Waals surface area contributed by atoms with Gasteiger partial charge in [-0.1, -0.05) is 26.0 Å². The van der Waals surface area contributed by atoms with Crippen LogP contribution in [0.15, 0.2) is 42.5 Å². The number of aliphatic hydroxyl groups is 1. The molecule has 5 heteroatoms. The van der Waals surface area contributed by atoms with E-state index >= 15 is 0 Å². The Labute approximate surface area is 154 Å². The first-order valence-electron chi connectivity index (χ1n) is 8.50. The fraction of sp³-hybridized carbons (Fsp3) is 0.333. The van der Waals surface area contributed by atoms with E-state index < -0.39 is 11.5 Å². The van der Waals surface area contributed by atoms with Crippen molar-refractivity contribution in [3.63, 3.8) is 0 Å². The topological polar surface area (TPSA) is 82.3 Å². The van der Waals surface area contributed by atoms with E-state index in [1.165, 1.54) is 12.5 Å². The summed E-state index contributed by atoms with van der Waals surface area (Å²) in [5.74, 6) is 0.450. The minimum atomic E-state index is -1.70. The molecule has 0 aromatic heterocycles. The highest BCUT2D eigenvalue weighted by Crippen LogP contribution is 2.20. The van der Waals surface area contributed by atoms with Gasteiger partial charge in [-0.05, 0) is 61.2 Å². The average molecular weight is 352 g/mol. The first kappa shape index (κ1) is 19.5. The van der Waals surface area contributed by atoms with Crippen LogP contribution in [-0.2, 0) is 4.79 Å². The summed E-state index contributed by atoms with van der Waals surface area (Å²) in [5.41, 5.74) is 1.32. The third-order valence-electron chi connectivity index (χ3n) is 4.16. The molecule has 2 rings (SSSR count). The molecule has 0 bridgehead atoms. The second kappa shape index (κ2) is 8.03. The number of nitrogens with zero attached hydrogens (tertiary/aromatic N) is 1. The van der Waals surface area contributed by atoms with Gasteiger partial charge in [0, 0.05) is 5.69 Å². The van der Waals surface area contributed by atoms with Crippen LogP contribution >= 0.6 is 0 Å². The molecule has 1 atom stereocenters. The van der Waals surface area contributed by atoms with E-state index in [4.69, 9.17) is 10.00 Å². The van der Waals surface area contributed by atoms with Crippen molar-refractivity contribution < 1.29 is 14.6 Å². The van der Waals surface area contributed by atoms with Gasteiger partial charge in [-0.25, -0.2) is 0 Å². The summed E-state index contributed by atoms with van der Waals surface area (Å²) in [6.07, 6.45) is 0. The number of aryl methyl sites for hydroxylation is 1. The van der Waals surface area contributed by atoms with Crippen LogP contribution in [-0.4, -0.2) is 23.2 Å². The molecule has 0 radical (unpaired) electrons. The zero-order valence-corrected chi connectivity index (χ0v) is 15.5. The monoisotopic (exact) mass is 352 g/mol. The maximum Gasteiger partial charge on any atom is 0.259 e. The number of hydrogen-bond donors (Lipinski definition) is 2. The minimum absolute atomic E-state index is 0.172. The molecule has 5 nitrogen and oxygen atoms in total. The molecule has 0 aliphatic rings. The number of rotatable bonds is 6. The molecule has 2 aromatic carbocycles. The van der Waals surface area contributed by atoms with Crippen molar-refractivity contribution in [1.29, 1.82) is 5.26 Å². The molecule has 0 saturated heterocycles. The number of amides is 1. The van der Waals surface area contributed by atoms with Gasteiger partial charge >= 0.3 is 0 Å². The molecule has 0 heterocycles. The van der Waals surface area contributed by atoms with Gasteiger partial charge in [0.15, 0.2) is 5.60 Å². The van der Waals surface area contributed by atoms with Gasteiger partial charge in [0.25, 0.3) is 5.91 Å². The Balaban J connectivity index is 1.99. The number of hydrogen-bond acceptors (Lipinski definition) is 4. The average Bonchev–Trinajstić information content (AvgIpc) is 2.60. The third-order valence-corrected chi connectivity index (χ3v) is 4.16. The highest BCUT2D eigenvalue weighted by Gasteiger charge is 2.31. The molecule has 0 spiro atoms. The Morgan fingerprint density at radius 1 is 1.27 bits per heavy atom.